The van der Waals surface area contributed by atoms with E-state index in [1.165, 1.54) is 0 Å². The molecule has 12 heteroatoms. The van der Waals surface area contributed by atoms with Crippen molar-refractivity contribution in [1.29, 1.82) is 0 Å². The SMILES string of the molecule is NC(c1cnc(OCC(F)(F)F)c(F)c1)c1ccc(F)c(C(F)(F)F)n1. The molecule has 0 amide bonds. The monoisotopic (exact) mass is 387 g/mol. The van der Waals surface area contributed by atoms with Gasteiger partial charge in [-0.15, -0.1) is 0 Å². The molecule has 2 heterocycles. The van der Waals surface area contributed by atoms with E-state index >= 15 is 0 Å². The molecule has 2 rings (SSSR count). The van der Waals surface area contributed by atoms with E-state index in [9.17, 15) is 35.1 Å². The van der Waals surface area contributed by atoms with E-state index in [4.69, 9.17) is 5.73 Å². The molecule has 0 aromatic carbocycles. The summed E-state index contributed by atoms with van der Waals surface area (Å²) in [6, 6.07) is 0.564. The minimum Gasteiger partial charge on any atom is -0.466 e. The van der Waals surface area contributed by atoms with Gasteiger partial charge in [-0.25, -0.2) is 18.7 Å². The Labute approximate surface area is 140 Å². The van der Waals surface area contributed by atoms with Gasteiger partial charge in [0.15, 0.2) is 23.9 Å². The largest absolute Gasteiger partial charge is 0.466 e. The third-order valence-corrected chi connectivity index (χ3v) is 3.01. The Kier molecular flexibility index (Phi) is 5.35. The van der Waals surface area contributed by atoms with Gasteiger partial charge in [0.1, 0.15) is 0 Å². The van der Waals surface area contributed by atoms with Gasteiger partial charge in [0.2, 0.25) is 0 Å². The normalized spacial score (nSPS) is 13.6. The molecule has 26 heavy (non-hydrogen) atoms. The second-order valence-corrected chi connectivity index (χ2v) is 5.00. The highest BCUT2D eigenvalue weighted by atomic mass is 19.4. The molecule has 0 bridgehead atoms. The molecule has 0 fully saturated rings. The summed E-state index contributed by atoms with van der Waals surface area (Å²) in [6.07, 6.45) is -8.97. The van der Waals surface area contributed by atoms with E-state index < -0.39 is 53.9 Å². The van der Waals surface area contributed by atoms with Crippen LogP contribution in [0.1, 0.15) is 23.0 Å². The van der Waals surface area contributed by atoms with Crippen LogP contribution in [-0.4, -0.2) is 22.8 Å². The second kappa shape index (κ2) is 7.02. The van der Waals surface area contributed by atoms with Gasteiger partial charge < -0.3 is 10.5 Å². The molecule has 2 aromatic rings. The van der Waals surface area contributed by atoms with Crippen LogP contribution < -0.4 is 10.5 Å². The molecule has 0 saturated heterocycles. The maximum absolute atomic E-state index is 13.8. The number of halogens is 8. The summed E-state index contributed by atoms with van der Waals surface area (Å²) in [5.74, 6) is -3.88. The highest BCUT2D eigenvalue weighted by Crippen LogP contribution is 2.31. The van der Waals surface area contributed by atoms with Crippen molar-refractivity contribution in [1.82, 2.24) is 9.97 Å². The van der Waals surface area contributed by atoms with E-state index in [1.54, 1.807) is 0 Å². The minimum atomic E-state index is -5.07. The highest BCUT2D eigenvalue weighted by Gasteiger charge is 2.37. The van der Waals surface area contributed by atoms with Crippen LogP contribution in [0.4, 0.5) is 35.1 Å². The number of ether oxygens (including phenoxy) is 1. The van der Waals surface area contributed by atoms with Crippen LogP contribution in [0.3, 0.4) is 0 Å². The van der Waals surface area contributed by atoms with E-state index in [0.29, 0.717) is 12.1 Å². The lowest BCUT2D eigenvalue weighted by Gasteiger charge is -2.15. The quantitative estimate of drug-likeness (QED) is 0.812. The Balaban J connectivity index is 2.28. The first kappa shape index (κ1) is 19.8. The first-order valence-corrected chi connectivity index (χ1v) is 6.72. The Hall–Kier alpha value is -2.50. The summed E-state index contributed by atoms with van der Waals surface area (Å²) in [6.45, 7) is -1.78. The smallest absolute Gasteiger partial charge is 0.436 e. The van der Waals surface area contributed by atoms with Crippen molar-refractivity contribution in [3.8, 4) is 5.88 Å². The van der Waals surface area contributed by atoms with Crippen LogP contribution in [0.15, 0.2) is 24.4 Å². The number of nitrogens with zero attached hydrogens (tertiary/aromatic N) is 2. The topological polar surface area (TPSA) is 61.0 Å². The number of rotatable bonds is 4. The highest BCUT2D eigenvalue weighted by molar-refractivity contribution is 5.30. The fraction of sp³-hybridized carbons (Fsp3) is 0.286. The molecule has 142 valence electrons. The average Bonchev–Trinajstić information content (AvgIpc) is 2.51. The molecule has 2 N–H and O–H groups in total. The predicted octanol–water partition coefficient (Wildman–Crippen LogP) is 3.76. The van der Waals surface area contributed by atoms with Gasteiger partial charge in [0, 0.05) is 6.20 Å². The molecule has 0 aliphatic heterocycles. The number of alkyl halides is 6. The van der Waals surface area contributed by atoms with Crippen LogP contribution in [0.25, 0.3) is 0 Å². The van der Waals surface area contributed by atoms with Crippen LogP contribution >= 0.6 is 0 Å². The zero-order valence-corrected chi connectivity index (χ0v) is 12.5. The van der Waals surface area contributed by atoms with Crippen molar-refractivity contribution in [3.63, 3.8) is 0 Å². The summed E-state index contributed by atoms with van der Waals surface area (Å²) < 4.78 is 105. The summed E-state index contributed by atoms with van der Waals surface area (Å²) in [4.78, 5) is 6.40. The fourth-order valence-electron chi connectivity index (χ4n) is 1.87. The van der Waals surface area contributed by atoms with Gasteiger partial charge in [-0.3, -0.25) is 0 Å². The van der Waals surface area contributed by atoms with Crippen molar-refractivity contribution in [2.75, 3.05) is 6.61 Å². The molecule has 0 spiro atoms. The molecule has 4 nitrogen and oxygen atoms in total. The molecule has 0 aliphatic rings. The minimum absolute atomic E-state index is 0.200. The van der Waals surface area contributed by atoms with Gasteiger partial charge in [0.25, 0.3) is 5.88 Å². The Bertz CT molecular complexity index is 791. The Morgan fingerprint density at radius 3 is 2.23 bits per heavy atom. The zero-order chi connectivity index (χ0) is 19.7. The molecule has 0 aliphatic carbocycles. The second-order valence-electron chi connectivity index (χ2n) is 5.00. The van der Waals surface area contributed by atoms with E-state index in [2.05, 4.69) is 14.7 Å². The van der Waals surface area contributed by atoms with Gasteiger partial charge in [-0.2, -0.15) is 26.3 Å². The number of aromatic nitrogens is 2. The lowest BCUT2D eigenvalue weighted by atomic mass is 10.1. The number of nitrogens with two attached hydrogens (primary N) is 1. The zero-order valence-electron chi connectivity index (χ0n) is 12.5. The summed E-state index contributed by atoms with van der Waals surface area (Å²) >= 11 is 0. The Morgan fingerprint density at radius 1 is 1.04 bits per heavy atom. The third-order valence-electron chi connectivity index (χ3n) is 3.01. The van der Waals surface area contributed by atoms with E-state index in [1.807, 2.05) is 0 Å². The van der Waals surface area contributed by atoms with Crippen molar-refractivity contribution in [3.05, 3.63) is 53.0 Å². The lowest BCUT2D eigenvalue weighted by Crippen LogP contribution is -2.21. The van der Waals surface area contributed by atoms with Crippen molar-refractivity contribution >= 4 is 0 Å². The standard InChI is InChI=1S/C14H9F8N3O/c15-7-1-2-9(25-11(7)14(20,21)22)10(23)6-3-8(16)12(24-4-6)26-5-13(17,18)19/h1-4,10H,5,23H2. The average molecular weight is 387 g/mol. The number of pyridine rings is 2. The molecule has 1 atom stereocenters. The molecule has 2 aromatic heterocycles. The number of hydrogen-bond acceptors (Lipinski definition) is 4. The maximum Gasteiger partial charge on any atom is 0.436 e. The maximum atomic E-state index is 13.8. The van der Waals surface area contributed by atoms with Gasteiger partial charge >= 0.3 is 12.4 Å². The predicted molar refractivity (Wildman–Crippen MR) is 71.0 cm³/mol. The first-order valence-electron chi connectivity index (χ1n) is 6.72. The van der Waals surface area contributed by atoms with Crippen LogP contribution in [-0.2, 0) is 6.18 Å². The molecule has 0 radical (unpaired) electrons. The summed E-state index contributed by atoms with van der Waals surface area (Å²) in [7, 11) is 0. The van der Waals surface area contributed by atoms with Crippen LogP contribution in [0, 0.1) is 11.6 Å². The molecular formula is C14H9F8N3O. The third kappa shape index (κ3) is 4.77. The summed E-state index contributed by atoms with van der Waals surface area (Å²) in [5, 5.41) is 0. The van der Waals surface area contributed by atoms with Crippen molar-refractivity contribution in [2.24, 2.45) is 5.73 Å². The molecule has 1 unspecified atom stereocenters. The van der Waals surface area contributed by atoms with Crippen molar-refractivity contribution in [2.45, 2.75) is 18.4 Å². The lowest BCUT2D eigenvalue weighted by molar-refractivity contribution is -0.154. The number of hydrogen-bond donors (Lipinski definition) is 1. The van der Waals surface area contributed by atoms with Gasteiger partial charge in [-0.05, 0) is 23.8 Å². The fourth-order valence-corrected chi connectivity index (χ4v) is 1.87. The van der Waals surface area contributed by atoms with Crippen LogP contribution in [0.2, 0.25) is 0 Å². The Morgan fingerprint density at radius 2 is 1.69 bits per heavy atom. The molecular weight excluding hydrogens is 378 g/mol. The van der Waals surface area contributed by atoms with Crippen molar-refractivity contribution < 1.29 is 39.9 Å². The van der Waals surface area contributed by atoms with E-state index in [-0.39, 0.29) is 5.56 Å². The summed E-state index contributed by atoms with van der Waals surface area (Å²) in [5.41, 5.74) is 3.22. The molecule has 0 saturated carbocycles. The van der Waals surface area contributed by atoms with E-state index in [0.717, 1.165) is 12.3 Å². The van der Waals surface area contributed by atoms with Gasteiger partial charge in [-0.1, -0.05) is 0 Å². The van der Waals surface area contributed by atoms with Gasteiger partial charge in [0.05, 0.1) is 11.7 Å². The van der Waals surface area contributed by atoms with Crippen LogP contribution in [0.5, 0.6) is 5.88 Å². The first-order chi connectivity index (χ1) is 11.9.